The largest absolute Gasteiger partial charge is 0.464 e. The summed E-state index contributed by atoms with van der Waals surface area (Å²) in [6, 6.07) is 3.58. The Morgan fingerprint density at radius 3 is 3.00 bits per heavy atom. The summed E-state index contributed by atoms with van der Waals surface area (Å²) in [4.78, 5) is 18.3. The third-order valence-corrected chi connectivity index (χ3v) is 2.15. The van der Waals surface area contributed by atoms with E-state index in [1.54, 1.807) is 12.3 Å². The third-order valence-electron chi connectivity index (χ3n) is 2.15. The fourth-order valence-corrected chi connectivity index (χ4v) is 1.41. The van der Waals surface area contributed by atoms with Crippen molar-refractivity contribution in [1.29, 1.82) is 0 Å². The van der Waals surface area contributed by atoms with E-state index in [0.717, 1.165) is 16.6 Å². The Bertz CT molecular complexity index is 488. The zero-order valence-corrected chi connectivity index (χ0v) is 8.00. The molecule has 0 fully saturated rings. The van der Waals surface area contributed by atoms with Gasteiger partial charge in [0.2, 0.25) is 0 Å². The van der Waals surface area contributed by atoms with Crippen LogP contribution in [0.2, 0.25) is 0 Å². The van der Waals surface area contributed by atoms with Crippen molar-refractivity contribution in [1.82, 2.24) is 9.97 Å². The number of carbonyl (C=O) groups excluding carboxylic acids is 1. The molecule has 4 nitrogen and oxygen atoms in total. The highest BCUT2D eigenvalue weighted by Crippen LogP contribution is 2.17. The van der Waals surface area contributed by atoms with Crippen LogP contribution in [-0.4, -0.2) is 23.0 Å². The fourth-order valence-electron chi connectivity index (χ4n) is 1.41. The molecule has 2 aromatic rings. The molecule has 2 heterocycles. The maximum Gasteiger partial charge on any atom is 0.354 e. The predicted octanol–water partition coefficient (Wildman–Crippen LogP) is 1.66. The third kappa shape index (κ3) is 1.25. The summed E-state index contributed by atoms with van der Waals surface area (Å²) in [6.07, 6.45) is 1.70. The second-order valence-corrected chi connectivity index (χ2v) is 3.03. The van der Waals surface area contributed by atoms with E-state index in [-0.39, 0.29) is 5.97 Å². The number of nitrogens with one attached hydrogen (secondary N) is 1. The van der Waals surface area contributed by atoms with Gasteiger partial charge in [0.1, 0.15) is 5.69 Å². The lowest BCUT2D eigenvalue weighted by Gasteiger charge is -1.91. The Kier molecular flexibility index (Phi) is 1.96. The lowest BCUT2D eigenvalue weighted by molar-refractivity contribution is 0.0595. The van der Waals surface area contributed by atoms with Crippen LogP contribution in [0.25, 0.3) is 10.9 Å². The number of aryl methyl sites for hydroxylation is 1. The monoisotopic (exact) mass is 190 g/mol. The zero-order valence-electron chi connectivity index (χ0n) is 8.00. The van der Waals surface area contributed by atoms with Crippen LogP contribution in [0.15, 0.2) is 18.3 Å². The Morgan fingerprint density at radius 1 is 1.57 bits per heavy atom. The molecule has 0 spiro atoms. The van der Waals surface area contributed by atoms with E-state index >= 15 is 0 Å². The van der Waals surface area contributed by atoms with E-state index in [0.29, 0.717) is 5.69 Å². The molecular formula is C10H10N2O2. The van der Waals surface area contributed by atoms with Crippen molar-refractivity contribution in [3.05, 3.63) is 29.7 Å². The molecule has 0 saturated heterocycles. The van der Waals surface area contributed by atoms with Gasteiger partial charge in [0.15, 0.2) is 0 Å². The summed E-state index contributed by atoms with van der Waals surface area (Å²) >= 11 is 0. The van der Waals surface area contributed by atoms with Crippen LogP contribution < -0.4 is 0 Å². The van der Waals surface area contributed by atoms with Gasteiger partial charge in [0.05, 0.1) is 7.11 Å². The quantitative estimate of drug-likeness (QED) is 0.696. The summed E-state index contributed by atoms with van der Waals surface area (Å²) in [6.45, 7) is 1.90. The van der Waals surface area contributed by atoms with Crippen molar-refractivity contribution < 1.29 is 9.53 Å². The van der Waals surface area contributed by atoms with Crippen molar-refractivity contribution in [3.63, 3.8) is 0 Å². The maximum absolute atomic E-state index is 11.2. The van der Waals surface area contributed by atoms with Crippen molar-refractivity contribution in [2.24, 2.45) is 0 Å². The number of fused-ring (bicyclic) bond motifs is 1. The molecule has 4 heteroatoms. The van der Waals surface area contributed by atoms with Crippen LogP contribution in [-0.2, 0) is 4.74 Å². The van der Waals surface area contributed by atoms with Crippen LogP contribution >= 0.6 is 0 Å². The SMILES string of the molecule is COC(=O)c1cc2c(C)nccc2[nH]1. The van der Waals surface area contributed by atoms with Crippen molar-refractivity contribution in [2.45, 2.75) is 6.92 Å². The van der Waals surface area contributed by atoms with E-state index in [1.807, 2.05) is 13.0 Å². The molecule has 2 aromatic heterocycles. The highest BCUT2D eigenvalue weighted by molar-refractivity contribution is 5.95. The summed E-state index contributed by atoms with van der Waals surface area (Å²) in [5, 5.41) is 0.952. The number of carbonyl (C=O) groups is 1. The minimum atomic E-state index is -0.361. The number of pyridine rings is 1. The Hall–Kier alpha value is -1.84. The molecule has 0 aromatic carbocycles. The molecular weight excluding hydrogens is 180 g/mol. The molecule has 0 unspecified atom stereocenters. The summed E-state index contributed by atoms with van der Waals surface area (Å²) in [5.74, 6) is -0.361. The van der Waals surface area contributed by atoms with Crippen molar-refractivity contribution in [2.75, 3.05) is 7.11 Å². The van der Waals surface area contributed by atoms with E-state index in [1.165, 1.54) is 7.11 Å². The molecule has 0 aliphatic heterocycles. The molecule has 0 atom stereocenters. The Morgan fingerprint density at radius 2 is 2.36 bits per heavy atom. The molecule has 0 aliphatic rings. The number of rotatable bonds is 1. The molecule has 14 heavy (non-hydrogen) atoms. The second-order valence-electron chi connectivity index (χ2n) is 3.03. The van der Waals surface area contributed by atoms with Gasteiger partial charge < -0.3 is 9.72 Å². The Balaban J connectivity index is 2.62. The lowest BCUT2D eigenvalue weighted by atomic mass is 10.2. The molecule has 72 valence electrons. The standard InChI is InChI=1S/C10H10N2O2/c1-6-7-5-9(10(13)14-2)12-8(7)3-4-11-6/h3-5,12H,1-2H3. The van der Waals surface area contributed by atoms with Gasteiger partial charge in [-0.2, -0.15) is 0 Å². The first kappa shape index (κ1) is 8.74. The van der Waals surface area contributed by atoms with Gasteiger partial charge in [-0.05, 0) is 19.1 Å². The van der Waals surface area contributed by atoms with E-state index < -0.39 is 0 Å². The van der Waals surface area contributed by atoms with Gasteiger partial charge in [0.25, 0.3) is 0 Å². The number of H-pyrrole nitrogens is 1. The fraction of sp³-hybridized carbons (Fsp3) is 0.200. The zero-order chi connectivity index (χ0) is 10.1. The number of hydrogen-bond donors (Lipinski definition) is 1. The molecule has 0 radical (unpaired) electrons. The molecule has 0 amide bonds. The maximum atomic E-state index is 11.2. The predicted molar refractivity (Wildman–Crippen MR) is 52.2 cm³/mol. The van der Waals surface area contributed by atoms with Gasteiger partial charge in [-0.25, -0.2) is 4.79 Å². The van der Waals surface area contributed by atoms with Crippen LogP contribution in [0.1, 0.15) is 16.2 Å². The van der Waals surface area contributed by atoms with Crippen LogP contribution in [0.3, 0.4) is 0 Å². The van der Waals surface area contributed by atoms with E-state index in [4.69, 9.17) is 0 Å². The summed E-state index contributed by atoms with van der Waals surface area (Å²) in [5.41, 5.74) is 2.26. The van der Waals surface area contributed by atoms with Crippen LogP contribution in [0, 0.1) is 6.92 Å². The minimum absolute atomic E-state index is 0.361. The van der Waals surface area contributed by atoms with E-state index in [9.17, 15) is 4.79 Å². The second kappa shape index (κ2) is 3.14. The number of ether oxygens (including phenoxy) is 1. The van der Waals surface area contributed by atoms with Gasteiger partial charge in [-0.3, -0.25) is 4.98 Å². The molecule has 1 N–H and O–H groups in total. The number of hydrogen-bond acceptors (Lipinski definition) is 3. The highest BCUT2D eigenvalue weighted by atomic mass is 16.5. The van der Waals surface area contributed by atoms with Crippen molar-refractivity contribution in [3.8, 4) is 0 Å². The molecule has 0 aliphatic carbocycles. The first-order chi connectivity index (χ1) is 6.72. The number of esters is 1. The number of aromatic amines is 1. The smallest absolute Gasteiger partial charge is 0.354 e. The number of aromatic nitrogens is 2. The van der Waals surface area contributed by atoms with Gasteiger partial charge in [0, 0.05) is 22.8 Å². The normalized spacial score (nSPS) is 10.4. The summed E-state index contributed by atoms with van der Waals surface area (Å²) < 4.78 is 4.62. The van der Waals surface area contributed by atoms with Crippen molar-refractivity contribution >= 4 is 16.9 Å². The minimum Gasteiger partial charge on any atom is -0.464 e. The Labute approximate surface area is 80.9 Å². The van der Waals surface area contributed by atoms with Crippen LogP contribution in [0.5, 0.6) is 0 Å². The van der Waals surface area contributed by atoms with Crippen LogP contribution in [0.4, 0.5) is 0 Å². The van der Waals surface area contributed by atoms with Gasteiger partial charge in [-0.15, -0.1) is 0 Å². The van der Waals surface area contributed by atoms with Gasteiger partial charge >= 0.3 is 5.97 Å². The molecule has 2 rings (SSSR count). The average Bonchev–Trinajstić information content (AvgIpc) is 2.62. The highest BCUT2D eigenvalue weighted by Gasteiger charge is 2.10. The topological polar surface area (TPSA) is 55.0 Å². The number of nitrogens with zero attached hydrogens (tertiary/aromatic N) is 1. The van der Waals surface area contributed by atoms with E-state index in [2.05, 4.69) is 14.7 Å². The first-order valence-corrected chi connectivity index (χ1v) is 4.25. The first-order valence-electron chi connectivity index (χ1n) is 4.25. The lowest BCUT2D eigenvalue weighted by Crippen LogP contribution is -2.00. The van der Waals surface area contributed by atoms with Gasteiger partial charge in [-0.1, -0.05) is 0 Å². The summed E-state index contributed by atoms with van der Waals surface area (Å²) in [7, 11) is 1.36. The average molecular weight is 190 g/mol. The molecule has 0 saturated carbocycles. The number of methoxy groups -OCH3 is 1. The molecule has 0 bridgehead atoms.